The lowest BCUT2D eigenvalue weighted by molar-refractivity contribution is 0.415. The van der Waals surface area contributed by atoms with E-state index in [9.17, 15) is 0 Å². The van der Waals surface area contributed by atoms with Crippen molar-refractivity contribution in [3.63, 3.8) is 0 Å². The van der Waals surface area contributed by atoms with Crippen molar-refractivity contribution in [2.45, 2.75) is 12.5 Å². The summed E-state index contributed by atoms with van der Waals surface area (Å²) in [5.41, 5.74) is 1.15. The molecule has 1 aliphatic rings. The molecule has 0 unspecified atom stereocenters. The topological polar surface area (TPSA) is 50.3 Å². The van der Waals surface area contributed by atoms with Gasteiger partial charge in [0.2, 0.25) is 0 Å². The molecule has 3 rings (SSSR count). The minimum absolute atomic E-state index is 0.386. The van der Waals surface area contributed by atoms with Gasteiger partial charge in [-0.3, -0.25) is 4.98 Å². The van der Waals surface area contributed by atoms with E-state index in [1.807, 2.05) is 18.2 Å². The highest BCUT2D eigenvalue weighted by molar-refractivity contribution is 5.59. The van der Waals surface area contributed by atoms with Crippen LogP contribution >= 0.6 is 0 Å². The van der Waals surface area contributed by atoms with Crippen LogP contribution in [0.1, 0.15) is 6.42 Å². The molecule has 0 saturated carbocycles. The lowest BCUT2D eigenvalue weighted by Crippen LogP contribution is -2.26. The fraction of sp³-hybridized carbons (Fsp3) is 0.333. The molecular formula is C15H18N4O. The normalized spacial score (nSPS) is 18.1. The third-order valence-corrected chi connectivity index (χ3v) is 3.53. The van der Waals surface area contributed by atoms with E-state index in [4.69, 9.17) is 4.74 Å². The second-order valence-corrected chi connectivity index (χ2v) is 4.84. The van der Waals surface area contributed by atoms with Crippen molar-refractivity contribution in [2.75, 3.05) is 30.4 Å². The highest BCUT2D eigenvalue weighted by atomic mass is 16.5. The Morgan fingerprint density at radius 1 is 1.30 bits per heavy atom. The molecule has 0 bridgehead atoms. The maximum Gasteiger partial charge on any atom is 0.144 e. The summed E-state index contributed by atoms with van der Waals surface area (Å²) in [5, 5.41) is 3.42. The molecule has 1 fully saturated rings. The van der Waals surface area contributed by atoms with Gasteiger partial charge < -0.3 is 15.0 Å². The predicted octanol–water partition coefficient (Wildman–Crippen LogP) is 2.18. The van der Waals surface area contributed by atoms with Crippen molar-refractivity contribution in [1.29, 1.82) is 0 Å². The molecule has 1 atom stereocenters. The fourth-order valence-electron chi connectivity index (χ4n) is 2.57. The first-order chi connectivity index (χ1) is 9.86. The van der Waals surface area contributed by atoms with E-state index >= 15 is 0 Å². The number of anilines is 2. The third kappa shape index (κ3) is 2.66. The molecule has 5 heteroatoms. The van der Waals surface area contributed by atoms with Crippen LogP contribution < -0.4 is 15.0 Å². The molecule has 0 radical (unpaired) electrons. The maximum absolute atomic E-state index is 5.43. The number of hydrogen-bond acceptors (Lipinski definition) is 5. The van der Waals surface area contributed by atoms with E-state index in [-0.39, 0.29) is 0 Å². The molecule has 1 aromatic heterocycles. The quantitative estimate of drug-likeness (QED) is 0.922. The number of hydrogen-bond donors (Lipinski definition) is 1. The van der Waals surface area contributed by atoms with Gasteiger partial charge in [-0.05, 0) is 18.6 Å². The molecule has 2 aromatic rings. The summed E-state index contributed by atoms with van der Waals surface area (Å²) in [6.45, 7) is 1.95. The van der Waals surface area contributed by atoms with E-state index in [1.54, 1.807) is 25.7 Å². The van der Waals surface area contributed by atoms with Gasteiger partial charge in [-0.15, -0.1) is 0 Å². The van der Waals surface area contributed by atoms with Gasteiger partial charge in [0.05, 0.1) is 19.0 Å². The lowest BCUT2D eigenvalue weighted by Gasteiger charge is -2.21. The van der Waals surface area contributed by atoms with Crippen LogP contribution in [-0.4, -0.2) is 36.2 Å². The number of rotatable bonds is 4. The summed E-state index contributed by atoms with van der Waals surface area (Å²) in [7, 11) is 1.71. The van der Waals surface area contributed by atoms with Gasteiger partial charge in [0, 0.05) is 31.5 Å². The average molecular weight is 270 g/mol. The van der Waals surface area contributed by atoms with Crippen molar-refractivity contribution >= 4 is 11.5 Å². The molecule has 104 valence electrons. The van der Waals surface area contributed by atoms with Crippen LogP contribution in [0.15, 0.2) is 42.9 Å². The Morgan fingerprint density at radius 3 is 3.00 bits per heavy atom. The number of methoxy groups -OCH3 is 1. The molecule has 20 heavy (non-hydrogen) atoms. The Labute approximate surface area is 118 Å². The van der Waals surface area contributed by atoms with Crippen LogP contribution in [0.25, 0.3) is 0 Å². The number of aromatic nitrogens is 2. The Bertz CT molecular complexity index is 561. The zero-order valence-electron chi connectivity index (χ0n) is 11.5. The van der Waals surface area contributed by atoms with E-state index < -0.39 is 0 Å². The predicted molar refractivity (Wildman–Crippen MR) is 79.3 cm³/mol. The van der Waals surface area contributed by atoms with E-state index in [0.717, 1.165) is 36.8 Å². The van der Waals surface area contributed by atoms with E-state index in [1.165, 1.54) is 0 Å². The molecule has 1 N–H and O–H groups in total. The van der Waals surface area contributed by atoms with Crippen molar-refractivity contribution < 1.29 is 4.74 Å². The summed E-state index contributed by atoms with van der Waals surface area (Å²) < 4.78 is 5.43. The van der Waals surface area contributed by atoms with Gasteiger partial charge >= 0.3 is 0 Å². The van der Waals surface area contributed by atoms with Crippen molar-refractivity contribution in [3.05, 3.63) is 42.9 Å². The minimum atomic E-state index is 0.386. The van der Waals surface area contributed by atoms with Crippen molar-refractivity contribution in [2.24, 2.45) is 0 Å². The van der Waals surface area contributed by atoms with Crippen LogP contribution in [0.4, 0.5) is 11.5 Å². The second-order valence-electron chi connectivity index (χ2n) is 4.84. The van der Waals surface area contributed by atoms with Crippen LogP contribution in [0, 0.1) is 0 Å². The van der Waals surface area contributed by atoms with Crippen LogP contribution in [0.5, 0.6) is 5.75 Å². The van der Waals surface area contributed by atoms with Gasteiger partial charge in [0.1, 0.15) is 11.6 Å². The third-order valence-electron chi connectivity index (χ3n) is 3.53. The Morgan fingerprint density at radius 2 is 2.20 bits per heavy atom. The summed E-state index contributed by atoms with van der Waals surface area (Å²) in [6, 6.07) is 8.52. The Balaban J connectivity index is 1.67. The smallest absolute Gasteiger partial charge is 0.144 e. The van der Waals surface area contributed by atoms with Crippen LogP contribution in [0.2, 0.25) is 0 Å². The monoisotopic (exact) mass is 270 g/mol. The average Bonchev–Trinajstić information content (AvgIpc) is 2.96. The molecule has 5 nitrogen and oxygen atoms in total. The number of nitrogens with zero attached hydrogens (tertiary/aromatic N) is 3. The van der Waals surface area contributed by atoms with Gasteiger partial charge in [-0.25, -0.2) is 4.98 Å². The van der Waals surface area contributed by atoms with Gasteiger partial charge in [-0.2, -0.15) is 0 Å². The zero-order valence-corrected chi connectivity index (χ0v) is 11.5. The molecule has 1 aromatic carbocycles. The van der Waals surface area contributed by atoms with Gasteiger partial charge in [0.25, 0.3) is 0 Å². The molecular weight excluding hydrogens is 252 g/mol. The maximum atomic E-state index is 5.43. The largest absolute Gasteiger partial charge is 0.495 e. The van der Waals surface area contributed by atoms with Gasteiger partial charge in [0.15, 0.2) is 0 Å². The molecule has 2 heterocycles. The molecule has 1 saturated heterocycles. The van der Waals surface area contributed by atoms with Crippen molar-refractivity contribution in [3.8, 4) is 5.75 Å². The molecule has 0 aliphatic carbocycles. The summed E-state index contributed by atoms with van der Waals surface area (Å²) >= 11 is 0. The molecule has 0 spiro atoms. The lowest BCUT2D eigenvalue weighted by atomic mass is 10.2. The molecule has 1 aliphatic heterocycles. The zero-order chi connectivity index (χ0) is 13.8. The first-order valence-corrected chi connectivity index (χ1v) is 6.77. The second kappa shape index (κ2) is 5.77. The summed E-state index contributed by atoms with van der Waals surface area (Å²) in [5.74, 6) is 1.76. The SMILES string of the molecule is COc1ccccc1N1CC[C@H](Nc2cnccn2)C1. The summed E-state index contributed by atoms with van der Waals surface area (Å²) in [6.07, 6.45) is 6.22. The Kier molecular flexibility index (Phi) is 3.67. The van der Waals surface area contributed by atoms with E-state index in [0.29, 0.717) is 6.04 Å². The number of nitrogens with one attached hydrogen (secondary N) is 1. The minimum Gasteiger partial charge on any atom is -0.495 e. The first-order valence-electron chi connectivity index (χ1n) is 6.77. The standard InChI is InChI=1S/C15H18N4O/c1-20-14-5-3-2-4-13(14)19-9-6-12(11-19)18-15-10-16-7-8-17-15/h2-5,7-8,10,12H,6,9,11H2,1H3,(H,17,18)/t12-/m0/s1. The Hall–Kier alpha value is -2.30. The summed E-state index contributed by atoms with van der Waals surface area (Å²) in [4.78, 5) is 10.7. The van der Waals surface area contributed by atoms with Gasteiger partial charge in [-0.1, -0.05) is 12.1 Å². The van der Waals surface area contributed by atoms with Crippen LogP contribution in [-0.2, 0) is 0 Å². The first kappa shape index (κ1) is 12.7. The van der Waals surface area contributed by atoms with Crippen molar-refractivity contribution in [1.82, 2.24) is 9.97 Å². The van der Waals surface area contributed by atoms with E-state index in [2.05, 4.69) is 26.3 Å². The van der Waals surface area contributed by atoms with Crippen LogP contribution in [0.3, 0.4) is 0 Å². The highest BCUT2D eigenvalue weighted by Crippen LogP contribution is 2.30. The number of benzene rings is 1. The fourth-order valence-corrected chi connectivity index (χ4v) is 2.57. The molecule has 0 amide bonds. The highest BCUT2D eigenvalue weighted by Gasteiger charge is 2.24. The number of para-hydroxylation sites is 2. The number of ether oxygens (including phenoxy) is 1.